The molecule has 1 aliphatic rings. The first-order valence-electron chi connectivity index (χ1n) is 9.57. The van der Waals surface area contributed by atoms with Crippen LogP contribution in [0, 0.1) is 11.3 Å². The van der Waals surface area contributed by atoms with E-state index in [0.29, 0.717) is 21.4 Å². The van der Waals surface area contributed by atoms with Crippen molar-refractivity contribution in [1.29, 1.82) is 5.26 Å². The van der Waals surface area contributed by atoms with E-state index >= 15 is 0 Å². The fourth-order valence-electron chi connectivity index (χ4n) is 3.41. The highest BCUT2D eigenvalue weighted by Crippen LogP contribution is 2.44. The van der Waals surface area contributed by atoms with Crippen LogP contribution in [0.25, 0.3) is 6.08 Å². The van der Waals surface area contributed by atoms with E-state index in [-0.39, 0.29) is 17.2 Å². The fourth-order valence-corrected chi connectivity index (χ4v) is 3.72. The number of benzene rings is 3. The van der Waals surface area contributed by atoms with Crippen molar-refractivity contribution in [2.24, 2.45) is 5.73 Å². The zero-order chi connectivity index (χ0) is 22.7. The quantitative estimate of drug-likeness (QED) is 0.299. The number of carbonyl (C=O) groups is 1. The van der Waals surface area contributed by atoms with Gasteiger partial charge >= 0.3 is 5.97 Å². The second-order valence-electron chi connectivity index (χ2n) is 6.96. The maximum atomic E-state index is 12.2. The van der Waals surface area contributed by atoms with E-state index in [2.05, 4.69) is 6.07 Å². The molecule has 0 saturated heterocycles. The maximum absolute atomic E-state index is 12.2. The molecule has 0 amide bonds. The van der Waals surface area contributed by atoms with Crippen LogP contribution >= 0.6 is 23.2 Å². The summed E-state index contributed by atoms with van der Waals surface area (Å²) in [4.78, 5) is 12.2. The predicted octanol–water partition coefficient (Wildman–Crippen LogP) is 5.83. The third-order valence-electron chi connectivity index (χ3n) is 4.90. The molecular weight excluding hydrogens is 447 g/mol. The Morgan fingerprint density at radius 2 is 1.84 bits per heavy atom. The third-order valence-corrected chi connectivity index (χ3v) is 5.64. The number of fused-ring (bicyclic) bond motifs is 1. The van der Waals surface area contributed by atoms with Crippen LogP contribution in [0.1, 0.15) is 22.6 Å². The van der Waals surface area contributed by atoms with Crippen LogP contribution < -0.4 is 15.2 Å². The molecule has 0 spiro atoms. The first-order chi connectivity index (χ1) is 15.5. The fraction of sp³-hybridized carbons (Fsp3) is 0.0400. The summed E-state index contributed by atoms with van der Waals surface area (Å²) in [5.41, 5.74) is 8.58. The monoisotopic (exact) mass is 462 g/mol. The Morgan fingerprint density at radius 3 is 2.56 bits per heavy atom. The van der Waals surface area contributed by atoms with Crippen LogP contribution in [0.5, 0.6) is 11.5 Å². The van der Waals surface area contributed by atoms with Crippen LogP contribution in [-0.2, 0) is 4.79 Å². The number of nitrogens with zero attached hydrogens (tertiary/aromatic N) is 1. The zero-order valence-electron chi connectivity index (χ0n) is 16.6. The lowest BCUT2D eigenvalue weighted by molar-refractivity contribution is -0.128. The second kappa shape index (κ2) is 9.19. The van der Waals surface area contributed by atoms with E-state index in [1.54, 1.807) is 42.5 Å². The summed E-state index contributed by atoms with van der Waals surface area (Å²) in [6.07, 6.45) is 3.01. The molecule has 0 saturated carbocycles. The number of nitriles is 1. The van der Waals surface area contributed by atoms with Crippen molar-refractivity contribution in [3.05, 3.63) is 111 Å². The van der Waals surface area contributed by atoms with E-state index in [1.165, 1.54) is 6.08 Å². The highest BCUT2D eigenvalue weighted by Gasteiger charge is 2.31. The summed E-state index contributed by atoms with van der Waals surface area (Å²) in [7, 11) is 0. The van der Waals surface area contributed by atoms with E-state index in [0.717, 1.165) is 11.1 Å². The molecule has 0 bridgehead atoms. The minimum atomic E-state index is -0.535. The van der Waals surface area contributed by atoms with Gasteiger partial charge in [-0.1, -0.05) is 65.7 Å². The average molecular weight is 463 g/mol. The standard InChI is InChI=1S/C25H16Cl2N2O3/c26-20-10-7-16(12-21(20)27)24-18-9-8-17(13-22(18)32-25(29)19(24)14-28)31-23(30)11-6-15-4-2-1-3-5-15/h1-13,24H,29H2/b11-6+. The Labute approximate surface area is 194 Å². The lowest BCUT2D eigenvalue weighted by Gasteiger charge is -2.27. The maximum Gasteiger partial charge on any atom is 0.336 e. The van der Waals surface area contributed by atoms with Crippen LogP contribution in [0.4, 0.5) is 0 Å². The molecule has 7 heteroatoms. The molecule has 3 aromatic carbocycles. The van der Waals surface area contributed by atoms with Gasteiger partial charge in [-0.15, -0.1) is 0 Å². The van der Waals surface area contributed by atoms with Gasteiger partial charge in [-0.05, 0) is 35.4 Å². The van der Waals surface area contributed by atoms with Gasteiger partial charge in [0, 0.05) is 17.7 Å². The smallest absolute Gasteiger partial charge is 0.336 e. The van der Waals surface area contributed by atoms with Gasteiger partial charge in [0.05, 0.1) is 16.0 Å². The molecule has 5 nitrogen and oxygen atoms in total. The molecule has 4 rings (SSSR count). The Bertz CT molecular complexity index is 1290. The van der Waals surface area contributed by atoms with E-state index in [9.17, 15) is 10.1 Å². The number of rotatable bonds is 4. The SMILES string of the molecule is N#CC1=C(N)Oc2cc(OC(=O)/C=C/c3ccccc3)ccc2C1c1ccc(Cl)c(Cl)c1. The Balaban J connectivity index is 1.63. The number of allylic oxidation sites excluding steroid dienone is 1. The molecule has 0 aliphatic carbocycles. The molecule has 1 aliphatic heterocycles. The minimum Gasteiger partial charge on any atom is -0.440 e. The zero-order valence-corrected chi connectivity index (χ0v) is 18.1. The highest BCUT2D eigenvalue weighted by molar-refractivity contribution is 6.42. The number of ether oxygens (including phenoxy) is 2. The number of hydrogen-bond donors (Lipinski definition) is 1. The van der Waals surface area contributed by atoms with Gasteiger partial charge in [-0.3, -0.25) is 0 Å². The van der Waals surface area contributed by atoms with E-state index in [1.807, 2.05) is 30.3 Å². The number of esters is 1. The van der Waals surface area contributed by atoms with Crippen molar-refractivity contribution in [3.63, 3.8) is 0 Å². The van der Waals surface area contributed by atoms with Crippen LogP contribution in [0.15, 0.2) is 84.3 Å². The lowest BCUT2D eigenvalue weighted by atomic mass is 9.83. The van der Waals surface area contributed by atoms with E-state index in [4.69, 9.17) is 38.4 Å². The van der Waals surface area contributed by atoms with Crippen LogP contribution in [-0.4, -0.2) is 5.97 Å². The first kappa shape index (κ1) is 21.5. The normalized spacial score (nSPS) is 15.1. The summed E-state index contributed by atoms with van der Waals surface area (Å²) < 4.78 is 11.1. The second-order valence-corrected chi connectivity index (χ2v) is 7.78. The summed E-state index contributed by atoms with van der Waals surface area (Å²) in [5, 5.41) is 10.4. The summed E-state index contributed by atoms with van der Waals surface area (Å²) in [5.74, 6) is -0.390. The Hall–Kier alpha value is -3.72. The molecule has 2 N–H and O–H groups in total. The molecule has 158 valence electrons. The van der Waals surface area contributed by atoms with Gasteiger partial charge in [0.1, 0.15) is 23.1 Å². The van der Waals surface area contributed by atoms with Crippen molar-refractivity contribution >= 4 is 35.2 Å². The topological polar surface area (TPSA) is 85.3 Å². The van der Waals surface area contributed by atoms with E-state index < -0.39 is 11.9 Å². The molecule has 3 aromatic rings. The molecule has 1 atom stereocenters. The van der Waals surface area contributed by atoms with Gasteiger partial charge in [0.2, 0.25) is 5.88 Å². The Morgan fingerprint density at radius 1 is 1.06 bits per heavy atom. The lowest BCUT2D eigenvalue weighted by Crippen LogP contribution is -2.21. The van der Waals surface area contributed by atoms with Gasteiger partial charge in [0.15, 0.2) is 0 Å². The molecule has 0 fully saturated rings. The molecule has 0 aromatic heterocycles. The van der Waals surface area contributed by atoms with Gasteiger partial charge in [-0.25, -0.2) is 4.79 Å². The number of carbonyl (C=O) groups excluding carboxylic acids is 1. The number of nitrogens with two attached hydrogens (primary N) is 1. The van der Waals surface area contributed by atoms with Gasteiger partial charge < -0.3 is 15.2 Å². The van der Waals surface area contributed by atoms with Crippen molar-refractivity contribution in [2.45, 2.75) is 5.92 Å². The minimum absolute atomic E-state index is 0.0245. The van der Waals surface area contributed by atoms with Crippen molar-refractivity contribution in [1.82, 2.24) is 0 Å². The summed E-state index contributed by atoms with van der Waals surface area (Å²) in [6, 6.07) is 21.6. The van der Waals surface area contributed by atoms with Crippen molar-refractivity contribution in [2.75, 3.05) is 0 Å². The highest BCUT2D eigenvalue weighted by atomic mass is 35.5. The van der Waals surface area contributed by atoms with Crippen LogP contribution in [0.3, 0.4) is 0 Å². The van der Waals surface area contributed by atoms with Crippen LogP contribution in [0.2, 0.25) is 10.0 Å². The molecule has 1 unspecified atom stereocenters. The van der Waals surface area contributed by atoms with Gasteiger partial charge in [-0.2, -0.15) is 5.26 Å². The van der Waals surface area contributed by atoms with Gasteiger partial charge in [0.25, 0.3) is 0 Å². The number of halogens is 2. The largest absolute Gasteiger partial charge is 0.440 e. The first-order valence-corrected chi connectivity index (χ1v) is 10.3. The molecule has 1 heterocycles. The summed E-state index contributed by atoms with van der Waals surface area (Å²) >= 11 is 12.2. The number of hydrogen-bond acceptors (Lipinski definition) is 5. The predicted molar refractivity (Wildman–Crippen MR) is 123 cm³/mol. The van der Waals surface area contributed by atoms with Crippen molar-refractivity contribution in [3.8, 4) is 17.6 Å². The third kappa shape index (κ3) is 4.47. The Kier molecular flexibility index (Phi) is 6.18. The van der Waals surface area contributed by atoms with Crippen molar-refractivity contribution < 1.29 is 14.3 Å². The summed E-state index contributed by atoms with van der Waals surface area (Å²) in [6.45, 7) is 0. The molecule has 32 heavy (non-hydrogen) atoms. The molecular formula is C25H16Cl2N2O3. The molecule has 0 radical (unpaired) electrons. The average Bonchev–Trinajstić information content (AvgIpc) is 2.79.